The zero-order valence-corrected chi connectivity index (χ0v) is 11.5. The third-order valence-electron chi connectivity index (χ3n) is 4.12. The third kappa shape index (κ3) is 2.43. The fraction of sp³-hybridized carbons (Fsp3) is 0.533. The predicted molar refractivity (Wildman–Crippen MR) is 72.4 cm³/mol. The Bertz CT molecular complexity index is 502. The lowest BCUT2D eigenvalue weighted by Gasteiger charge is -2.33. The van der Waals surface area contributed by atoms with Crippen LogP contribution < -0.4 is 5.32 Å². The van der Waals surface area contributed by atoms with Crippen LogP contribution in [0.2, 0.25) is 0 Å². The Morgan fingerprint density at radius 3 is 3.05 bits per heavy atom. The predicted octanol–water partition coefficient (Wildman–Crippen LogP) is 1.82. The minimum atomic E-state index is -0.284. The van der Waals surface area contributed by atoms with Crippen molar-refractivity contribution in [1.29, 1.82) is 0 Å². The third-order valence-corrected chi connectivity index (χ3v) is 4.12. The summed E-state index contributed by atoms with van der Waals surface area (Å²) in [4.78, 5) is 14.0. The molecule has 2 saturated heterocycles. The summed E-state index contributed by atoms with van der Waals surface area (Å²) in [6.07, 6.45) is 1.82. The lowest BCUT2D eigenvalue weighted by atomic mass is 10.1. The number of ether oxygens (including phenoxy) is 1. The molecule has 4 nitrogen and oxygen atoms in total. The number of rotatable bonds is 3. The molecule has 0 aliphatic carbocycles. The quantitative estimate of drug-likeness (QED) is 0.917. The van der Waals surface area contributed by atoms with Crippen LogP contribution in [0.4, 0.5) is 4.39 Å². The molecule has 0 bridgehead atoms. The van der Waals surface area contributed by atoms with E-state index in [2.05, 4.69) is 5.32 Å². The van der Waals surface area contributed by atoms with Crippen molar-refractivity contribution in [3.8, 4) is 0 Å². The summed E-state index contributed by atoms with van der Waals surface area (Å²) in [7, 11) is 0. The molecule has 0 spiro atoms. The summed E-state index contributed by atoms with van der Waals surface area (Å²) >= 11 is 0. The Morgan fingerprint density at radius 1 is 1.50 bits per heavy atom. The van der Waals surface area contributed by atoms with Crippen molar-refractivity contribution in [2.24, 2.45) is 0 Å². The molecule has 3 rings (SSSR count). The van der Waals surface area contributed by atoms with Gasteiger partial charge >= 0.3 is 0 Å². The second-order valence-electron chi connectivity index (χ2n) is 5.43. The van der Waals surface area contributed by atoms with E-state index in [0.717, 1.165) is 25.0 Å². The molecule has 2 heterocycles. The maximum absolute atomic E-state index is 13.4. The van der Waals surface area contributed by atoms with Gasteiger partial charge in [0.05, 0.1) is 18.7 Å². The molecule has 2 aliphatic heterocycles. The number of nitrogens with one attached hydrogen (secondary N) is 1. The molecule has 3 atom stereocenters. The average Bonchev–Trinajstić information content (AvgIpc) is 3.07. The summed E-state index contributed by atoms with van der Waals surface area (Å²) in [6, 6.07) is 6.39. The lowest BCUT2D eigenvalue weighted by molar-refractivity contribution is -0.132. The second-order valence-corrected chi connectivity index (χ2v) is 5.43. The van der Waals surface area contributed by atoms with Crippen LogP contribution in [0, 0.1) is 5.82 Å². The number of hydrogen-bond donors (Lipinski definition) is 1. The Morgan fingerprint density at radius 2 is 2.35 bits per heavy atom. The first kappa shape index (κ1) is 13.5. The van der Waals surface area contributed by atoms with Crippen LogP contribution in [0.3, 0.4) is 0 Å². The van der Waals surface area contributed by atoms with Crippen molar-refractivity contribution in [1.82, 2.24) is 10.2 Å². The molecule has 108 valence electrons. The fourth-order valence-electron chi connectivity index (χ4n) is 3.10. The molecule has 0 aromatic heterocycles. The molecular weight excluding hydrogens is 259 g/mol. The summed E-state index contributed by atoms with van der Waals surface area (Å²) < 4.78 is 19.1. The van der Waals surface area contributed by atoms with E-state index in [0.29, 0.717) is 0 Å². The summed E-state index contributed by atoms with van der Waals surface area (Å²) in [6.45, 7) is 3.06. The zero-order chi connectivity index (χ0) is 14.1. The molecule has 0 radical (unpaired) electrons. The number of benzene rings is 1. The zero-order valence-electron chi connectivity index (χ0n) is 11.5. The standard InChI is InChI=1S/C15H19FN2O2/c1-10(13-6-3-7-20-13)18-14(19)9-17-15(18)11-4-2-5-12(16)8-11/h2,4-5,8,10,13,15,17H,3,6-7,9H2,1H3. The maximum atomic E-state index is 13.4. The number of hydrogen-bond acceptors (Lipinski definition) is 3. The number of halogens is 1. The molecular formula is C15H19FN2O2. The van der Waals surface area contributed by atoms with Crippen molar-refractivity contribution in [3.63, 3.8) is 0 Å². The van der Waals surface area contributed by atoms with E-state index in [-0.39, 0.29) is 36.6 Å². The molecule has 5 heteroatoms. The normalized spacial score (nSPS) is 28.1. The lowest BCUT2D eigenvalue weighted by Crippen LogP contribution is -2.44. The summed E-state index contributed by atoms with van der Waals surface area (Å²) in [5.41, 5.74) is 0.778. The highest BCUT2D eigenvalue weighted by atomic mass is 19.1. The van der Waals surface area contributed by atoms with Crippen molar-refractivity contribution in [3.05, 3.63) is 35.6 Å². The van der Waals surface area contributed by atoms with E-state index in [4.69, 9.17) is 4.74 Å². The van der Waals surface area contributed by atoms with E-state index in [1.807, 2.05) is 13.0 Å². The smallest absolute Gasteiger partial charge is 0.238 e. The van der Waals surface area contributed by atoms with Gasteiger partial charge in [-0.2, -0.15) is 0 Å². The van der Waals surface area contributed by atoms with Crippen molar-refractivity contribution < 1.29 is 13.9 Å². The molecule has 20 heavy (non-hydrogen) atoms. The Labute approximate surface area is 117 Å². The highest BCUT2D eigenvalue weighted by Crippen LogP contribution is 2.29. The SMILES string of the molecule is CC(C1CCCO1)N1C(=O)CNC1c1cccc(F)c1. The van der Waals surface area contributed by atoms with Crippen LogP contribution in [0.25, 0.3) is 0 Å². The van der Waals surface area contributed by atoms with Gasteiger partial charge in [-0.3, -0.25) is 10.1 Å². The van der Waals surface area contributed by atoms with E-state index in [1.54, 1.807) is 11.0 Å². The molecule has 1 N–H and O–H groups in total. The molecule has 1 aromatic carbocycles. The first-order chi connectivity index (χ1) is 9.66. The van der Waals surface area contributed by atoms with E-state index in [9.17, 15) is 9.18 Å². The van der Waals surface area contributed by atoms with Crippen LogP contribution in [-0.2, 0) is 9.53 Å². The van der Waals surface area contributed by atoms with Crippen LogP contribution >= 0.6 is 0 Å². The fourth-order valence-corrected chi connectivity index (χ4v) is 3.10. The molecule has 1 amide bonds. The van der Waals surface area contributed by atoms with Gasteiger partial charge in [-0.05, 0) is 37.5 Å². The number of amides is 1. The van der Waals surface area contributed by atoms with Crippen LogP contribution in [0.1, 0.15) is 31.5 Å². The largest absolute Gasteiger partial charge is 0.376 e. The molecule has 0 saturated carbocycles. The highest BCUT2D eigenvalue weighted by molar-refractivity contribution is 5.81. The van der Waals surface area contributed by atoms with Crippen molar-refractivity contribution in [2.75, 3.05) is 13.2 Å². The van der Waals surface area contributed by atoms with E-state index in [1.165, 1.54) is 12.1 Å². The van der Waals surface area contributed by atoms with Gasteiger partial charge in [-0.1, -0.05) is 12.1 Å². The molecule has 2 fully saturated rings. The van der Waals surface area contributed by atoms with Crippen LogP contribution in [-0.4, -0.2) is 36.1 Å². The highest BCUT2D eigenvalue weighted by Gasteiger charge is 2.39. The first-order valence-corrected chi connectivity index (χ1v) is 7.08. The molecule has 2 aliphatic rings. The van der Waals surface area contributed by atoms with E-state index < -0.39 is 0 Å². The average molecular weight is 278 g/mol. The van der Waals surface area contributed by atoms with Gasteiger partial charge in [0.15, 0.2) is 0 Å². The van der Waals surface area contributed by atoms with Gasteiger partial charge in [0.1, 0.15) is 12.0 Å². The Kier molecular flexibility index (Phi) is 3.72. The van der Waals surface area contributed by atoms with Gasteiger partial charge < -0.3 is 9.64 Å². The Balaban J connectivity index is 1.84. The molecule has 1 aromatic rings. The van der Waals surface area contributed by atoms with Gasteiger partial charge in [-0.15, -0.1) is 0 Å². The maximum Gasteiger partial charge on any atom is 0.238 e. The second kappa shape index (κ2) is 5.50. The van der Waals surface area contributed by atoms with Gasteiger partial charge in [0.2, 0.25) is 5.91 Å². The van der Waals surface area contributed by atoms with E-state index >= 15 is 0 Å². The van der Waals surface area contributed by atoms with Gasteiger partial charge in [0, 0.05) is 6.61 Å². The monoisotopic (exact) mass is 278 g/mol. The summed E-state index contributed by atoms with van der Waals surface area (Å²) in [5, 5.41) is 3.16. The summed E-state index contributed by atoms with van der Waals surface area (Å²) in [5.74, 6) is -0.240. The molecule has 3 unspecified atom stereocenters. The van der Waals surface area contributed by atoms with Crippen molar-refractivity contribution in [2.45, 2.75) is 38.1 Å². The minimum Gasteiger partial charge on any atom is -0.376 e. The topological polar surface area (TPSA) is 41.6 Å². The van der Waals surface area contributed by atoms with Crippen LogP contribution in [0.15, 0.2) is 24.3 Å². The van der Waals surface area contributed by atoms with Gasteiger partial charge in [0.25, 0.3) is 0 Å². The van der Waals surface area contributed by atoms with Crippen LogP contribution in [0.5, 0.6) is 0 Å². The minimum absolute atomic E-state index is 0.00623. The Hall–Kier alpha value is -1.46. The van der Waals surface area contributed by atoms with Gasteiger partial charge in [-0.25, -0.2) is 4.39 Å². The number of nitrogens with zero attached hydrogens (tertiary/aromatic N) is 1. The van der Waals surface area contributed by atoms with Crippen molar-refractivity contribution >= 4 is 5.91 Å². The number of carbonyl (C=O) groups is 1. The first-order valence-electron chi connectivity index (χ1n) is 7.08. The number of carbonyl (C=O) groups excluding carboxylic acids is 1.